The lowest BCUT2D eigenvalue weighted by atomic mass is 9.99. The van der Waals surface area contributed by atoms with Gasteiger partial charge in [0.25, 0.3) is 5.69 Å². The second-order valence-corrected chi connectivity index (χ2v) is 7.76. The van der Waals surface area contributed by atoms with Gasteiger partial charge in [0.15, 0.2) is 24.0 Å². The minimum Gasteiger partial charge on any atom is -0.425 e. The maximum absolute atomic E-state index is 12.8. The third-order valence-corrected chi connectivity index (χ3v) is 4.65. The number of non-ortho nitro benzene ring substituents is 1. The van der Waals surface area contributed by atoms with E-state index in [0.717, 1.165) is 0 Å². The Morgan fingerprint density at radius 1 is 0.964 bits per heavy atom. The zero-order chi connectivity index (χ0) is 20.3. The Labute approximate surface area is 160 Å². The van der Waals surface area contributed by atoms with Crippen molar-refractivity contribution in [1.29, 1.82) is 0 Å². The molecular formula is C18H21NO9. The summed E-state index contributed by atoms with van der Waals surface area (Å²) >= 11 is 0. The molecule has 3 saturated heterocycles. The van der Waals surface area contributed by atoms with Crippen LogP contribution >= 0.6 is 0 Å². The average Bonchev–Trinajstić information content (AvgIpc) is 3.08. The number of nitrogens with zero attached hydrogens (tertiary/aromatic N) is 1. The Bertz CT molecular complexity index is 791. The van der Waals surface area contributed by atoms with Gasteiger partial charge in [0.2, 0.25) is 0 Å². The van der Waals surface area contributed by atoms with Gasteiger partial charge in [0, 0.05) is 12.1 Å². The molecule has 0 spiro atoms. The molecule has 4 rings (SSSR count). The molecule has 0 saturated carbocycles. The van der Waals surface area contributed by atoms with Crippen LogP contribution in [0.15, 0.2) is 24.3 Å². The third kappa shape index (κ3) is 3.49. The van der Waals surface area contributed by atoms with Gasteiger partial charge in [-0.15, -0.1) is 0 Å². The summed E-state index contributed by atoms with van der Waals surface area (Å²) in [6.45, 7) is 6.96. The predicted octanol–water partition coefficient (Wildman–Crippen LogP) is 1.90. The highest BCUT2D eigenvalue weighted by Gasteiger charge is 2.62. The van der Waals surface area contributed by atoms with Crippen LogP contribution in [0.25, 0.3) is 0 Å². The quantitative estimate of drug-likeness (QED) is 0.327. The molecule has 0 aromatic heterocycles. The van der Waals surface area contributed by atoms with Crippen LogP contribution in [-0.2, 0) is 28.5 Å². The van der Waals surface area contributed by atoms with Crippen molar-refractivity contribution in [3.8, 4) is 5.75 Å². The summed E-state index contributed by atoms with van der Waals surface area (Å²) in [6, 6.07) is 5.18. The zero-order valence-corrected chi connectivity index (χ0v) is 15.8. The fourth-order valence-electron chi connectivity index (χ4n) is 3.61. The van der Waals surface area contributed by atoms with Crippen molar-refractivity contribution in [2.75, 3.05) is 0 Å². The highest BCUT2D eigenvalue weighted by Crippen LogP contribution is 2.44. The molecular weight excluding hydrogens is 374 g/mol. The number of carbonyl (C=O) groups is 1. The van der Waals surface area contributed by atoms with E-state index in [1.165, 1.54) is 24.3 Å². The molecule has 3 heterocycles. The zero-order valence-electron chi connectivity index (χ0n) is 15.8. The summed E-state index contributed by atoms with van der Waals surface area (Å²) in [6.07, 6.45) is -3.81. The SMILES string of the molecule is CC1(C)O[C@H]2[C@@H](O1)[C@@H](C(=O)Oc1ccc([N+](=O)[O-])cc1)O[C@@H]1OC(C)(C)O[C@@H]12. The summed E-state index contributed by atoms with van der Waals surface area (Å²) in [7, 11) is 0. The third-order valence-electron chi connectivity index (χ3n) is 4.65. The normalized spacial score (nSPS) is 35.1. The van der Waals surface area contributed by atoms with Crippen LogP contribution in [0.4, 0.5) is 5.69 Å². The van der Waals surface area contributed by atoms with Gasteiger partial charge in [0.05, 0.1) is 4.92 Å². The number of carbonyl (C=O) groups excluding carboxylic acids is 1. The van der Waals surface area contributed by atoms with Gasteiger partial charge >= 0.3 is 5.97 Å². The van der Waals surface area contributed by atoms with E-state index in [0.29, 0.717) is 0 Å². The highest BCUT2D eigenvalue weighted by atomic mass is 16.9. The molecule has 0 aliphatic carbocycles. The monoisotopic (exact) mass is 395 g/mol. The van der Waals surface area contributed by atoms with Gasteiger partial charge in [-0.1, -0.05) is 0 Å². The number of nitro groups is 1. The largest absolute Gasteiger partial charge is 0.425 e. The number of hydrogen-bond acceptors (Lipinski definition) is 9. The number of ether oxygens (including phenoxy) is 6. The number of nitro benzene ring substituents is 1. The molecule has 10 heteroatoms. The lowest BCUT2D eigenvalue weighted by molar-refractivity contribution is -0.384. The van der Waals surface area contributed by atoms with Gasteiger partial charge in [-0.25, -0.2) is 4.79 Å². The molecule has 3 aliphatic heterocycles. The first-order chi connectivity index (χ1) is 13.0. The molecule has 0 amide bonds. The lowest BCUT2D eigenvalue weighted by Crippen LogP contribution is -2.58. The predicted molar refractivity (Wildman–Crippen MR) is 91.3 cm³/mol. The maximum atomic E-state index is 12.8. The molecule has 0 N–H and O–H groups in total. The Kier molecular flexibility index (Phi) is 4.43. The van der Waals surface area contributed by atoms with Crippen LogP contribution in [0.5, 0.6) is 5.75 Å². The van der Waals surface area contributed by atoms with Gasteiger partial charge < -0.3 is 28.4 Å². The summed E-state index contributed by atoms with van der Waals surface area (Å²) in [4.78, 5) is 23.0. The average molecular weight is 395 g/mol. The summed E-state index contributed by atoms with van der Waals surface area (Å²) in [5, 5.41) is 10.7. The molecule has 0 radical (unpaired) electrons. The van der Waals surface area contributed by atoms with E-state index < -0.39 is 53.2 Å². The van der Waals surface area contributed by atoms with Crippen molar-refractivity contribution in [1.82, 2.24) is 0 Å². The van der Waals surface area contributed by atoms with Crippen molar-refractivity contribution in [3.05, 3.63) is 34.4 Å². The van der Waals surface area contributed by atoms with Crippen molar-refractivity contribution in [2.24, 2.45) is 0 Å². The molecule has 3 fully saturated rings. The van der Waals surface area contributed by atoms with Crippen molar-refractivity contribution >= 4 is 11.7 Å². The van der Waals surface area contributed by atoms with Crippen LogP contribution in [0.3, 0.4) is 0 Å². The molecule has 10 nitrogen and oxygen atoms in total. The molecule has 1 aromatic rings. The maximum Gasteiger partial charge on any atom is 0.343 e. The van der Waals surface area contributed by atoms with Crippen molar-refractivity contribution in [3.63, 3.8) is 0 Å². The Balaban J connectivity index is 1.54. The van der Waals surface area contributed by atoms with E-state index in [1.54, 1.807) is 27.7 Å². The second-order valence-electron chi connectivity index (χ2n) is 7.76. The minimum atomic E-state index is -1.11. The van der Waals surface area contributed by atoms with E-state index in [1.807, 2.05) is 0 Å². The van der Waals surface area contributed by atoms with Crippen LogP contribution in [-0.4, -0.2) is 53.2 Å². The number of rotatable bonds is 3. The number of fused-ring (bicyclic) bond motifs is 3. The Hall–Kier alpha value is -2.11. The number of benzene rings is 1. The van der Waals surface area contributed by atoms with E-state index in [-0.39, 0.29) is 11.4 Å². The molecule has 0 unspecified atom stereocenters. The van der Waals surface area contributed by atoms with E-state index in [9.17, 15) is 14.9 Å². The lowest BCUT2D eigenvalue weighted by Gasteiger charge is -2.35. The second kappa shape index (κ2) is 6.46. The van der Waals surface area contributed by atoms with Crippen molar-refractivity contribution < 1.29 is 38.1 Å². The van der Waals surface area contributed by atoms with Crippen LogP contribution in [0.1, 0.15) is 27.7 Å². The first-order valence-corrected chi connectivity index (χ1v) is 8.88. The highest BCUT2D eigenvalue weighted by molar-refractivity contribution is 5.78. The van der Waals surface area contributed by atoms with Crippen LogP contribution in [0, 0.1) is 10.1 Å². The summed E-state index contributed by atoms with van der Waals surface area (Å²) in [5.74, 6) is -2.39. The molecule has 152 valence electrons. The van der Waals surface area contributed by atoms with Crippen LogP contribution in [0.2, 0.25) is 0 Å². The first kappa shape index (κ1) is 19.2. The van der Waals surface area contributed by atoms with Gasteiger partial charge in [0.1, 0.15) is 24.1 Å². The topological polar surface area (TPSA) is 116 Å². The molecule has 28 heavy (non-hydrogen) atoms. The fourth-order valence-corrected chi connectivity index (χ4v) is 3.61. The molecule has 0 bridgehead atoms. The smallest absolute Gasteiger partial charge is 0.343 e. The van der Waals surface area contributed by atoms with Gasteiger partial charge in [-0.05, 0) is 39.8 Å². The molecule has 1 aromatic carbocycles. The van der Waals surface area contributed by atoms with E-state index in [4.69, 9.17) is 28.4 Å². The minimum absolute atomic E-state index is 0.107. The standard InChI is InChI=1S/C18H21NO9/c1-17(2)25-11-12(26-17)14-16(28-18(3,4)27-14)24-13(11)15(20)23-10-7-5-9(6-8-10)19(21)22/h5-8,11-14,16H,1-4H3/t11-,12+,13+,14-,16-/m1/s1. The van der Waals surface area contributed by atoms with Crippen LogP contribution < -0.4 is 4.74 Å². The van der Waals surface area contributed by atoms with Gasteiger partial charge in [-0.2, -0.15) is 0 Å². The van der Waals surface area contributed by atoms with Gasteiger partial charge in [-0.3, -0.25) is 10.1 Å². The van der Waals surface area contributed by atoms with Crippen molar-refractivity contribution in [2.45, 2.75) is 70.0 Å². The molecule has 3 aliphatic rings. The fraction of sp³-hybridized carbons (Fsp3) is 0.611. The Morgan fingerprint density at radius 2 is 1.54 bits per heavy atom. The summed E-state index contributed by atoms with van der Waals surface area (Å²) < 4.78 is 34.6. The number of esters is 1. The summed E-state index contributed by atoms with van der Waals surface area (Å²) in [5.41, 5.74) is -0.107. The molecule has 5 atom stereocenters. The van der Waals surface area contributed by atoms with E-state index in [2.05, 4.69) is 0 Å². The first-order valence-electron chi connectivity index (χ1n) is 8.88. The van der Waals surface area contributed by atoms with E-state index >= 15 is 0 Å². The Morgan fingerprint density at radius 3 is 2.18 bits per heavy atom. The number of hydrogen-bond donors (Lipinski definition) is 0.